The fourth-order valence-electron chi connectivity index (χ4n) is 2.82. The zero-order valence-electron chi connectivity index (χ0n) is 12.5. The Morgan fingerprint density at radius 3 is 2.63 bits per heavy atom. The van der Waals surface area contributed by atoms with E-state index in [0.29, 0.717) is 6.10 Å². The van der Waals surface area contributed by atoms with Crippen LogP contribution in [0.4, 0.5) is 0 Å². The summed E-state index contributed by atoms with van der Waals surface area (Å²) in [5, 5.41) is 7.89. The lowest BCUT2D eigenvalue weighted by atomic mass is 9.98. The standard InChI is InChI=1S/C15H27N3O/c1-12-15(13(2)18(3)17-12)11-16-9-10-19-14-7-5-4-6-8-14/h14,16H,4-11H2,1-3H3. The Bertz CT molecular complexity index is 394. The average molecular weight is 265 g/mol. The first-order valence-electron chi connectivity index (χ1n) is 7.50. The SMILES string of the molecule is Cc1nn(C)c(C)c1CNCCOC1CCCCC1. The van der Waals surface area contributed by atoms with Crippen molar-refractivity contribution in [1.82, 2.24) is 15.1 Å². The van der Waals surface area contributed by atoms with E-state index in [1.54, 1.807) is 0 Å². The Morgan fingerprint density at radius 1 is 1.26 bits per heavy atom. The Balaban J connectivity index is 1.63. The number of nitrogens with zero attached hydrogens (tertiary/aromatic N) is 2. The van der Waals surface area contributed by atoms with Crippen LogP contribution in [0.3, 0.4) is 0 Å². The van der Waals surface area contributed by atoms with Gasteiger partial charge in [-0.1, -0.05) is 19.3 Å². The van der Waals surface area contributed by atoms with Gasteiger partial charge in [-0.3, -0.25) is 4.68 Å². The van der Waals surface area contributed by atoms with Gasteiger partial charge in [-0.15, -0.1) is 0 Å². The molecule has 1 N–H and O–H groups in total. The van der Waals surface area contributed by atoms with Crippen molar-refractivity contribution in [3.8, 4) is 0 Å². The van der Waals surface area contributed by atoms with Gasteiger partial charge in [-0.25, -0.2) is 0 Å². The lowest BCUT2D eigenvalue weighted by Crippen LogP contribution is -2.24. The molecule has 0 aromatic carbocycles. The van der Waals surface area contributed by atoms with E-state index in [1.165, 1.54) is 43.4 Å². The van der Waals surface area contributed by atoms with Crippen molar-refractivity contribution in [2.24, 2.45) is 7.05 Å². The van der Waals surface area contributed by atoms with Crippen molar-refractivity contribution in [3.63, 3.8) is 0 Å². The predicted molar refractivity (Wildman–Crippen MR) is 77.2 cm³/mol. The average Bonchev–Trinajstić information content (AvgIpc) is 2.65. The van der Waals surface area contributed by atoms with Crippen molar-refractivity contribution >= 4 is 0 Å². The lowest BCUT2D eigenvalue weighted by molar-refractivity contribution is 0.0302. The van der Waals surface area contributed by atoms with E-state index in [9.17, 15) is 0 Å². The summed E-state index contributed by atoms with van der Waals surface area (Å²) >= 11 is 0. The lowest BCUT2D eigenvalue weighted by Gasteiger charge is -2.22. The van der Waals surface area contributed by atoms with Crippen molar-refractivity contribution in [2.45, 2.75) is 58.6 Å². The molecule has 2 rings (SSSR count). The number of hydrogen-bond donors (Lipinski definition) is 1. The van der Waals surface area contributed by atoms with Crippen LogP contribution in [0.5, 0.6) is 0 Å². The van der Waals surface area contributed by atoms with Gasteiger partial charge in [0.25, 0.3) is 0 Å². The summed E-state index contributed by atoms with van der Waals surface area (Å²) in [6, 6.07) is 0. The van der Waals surface area contributed by atoms with Gasteiger partial charge in [0.2, 0.25) is 0 Å². The van der Waals surface area contributed by atoms with E-state index in [1.807, 2.05) is 11.7 Å². The largest absolute Gasteiger partial charge is 0.377 e. The van der Waals surface area contributed by atoms with E-state index in [-0.39, 0.29) is 0 Å². The van der Waals surface area contributed by atoms with Gasteiger partial charge in [0, 0.05) is 31.4 Å². The van der Waals surface area contributed by atoms with Crippen molar-refractivity contribution in [2.75, 3.05) is 13.2 Å². The summed E-state index contributed by atoms with van der Waals surface area (Å²) in [6.07, 6.45) is 7.08. The fraction of sp³-hybridized carbons (Fsp3) is 0.800. The smallest absolute Gasteiger partial charge is 0.0641 e. The van der Waals surface area contributed by atoms with Gasteiger partial charge < -0.3 is 10.1 Å². The highest BCUT2D eigenvalue weighted by atomic mass is 16.5. The third-order valence-electron chi connectivity index (χ3n) is 4.15. The quantitative estimate of drug-likeness (QED) is 0.803. The van der Waals surface area contributed by atoms with Crippen LogP contribution in [-0.4, -0.2) is 29.0 Å². The van der Waals surface area contributed by atoms with Crippen LogP contribution in [0.1, 0.15) is 49.1 Å². The van der Waals surface area contributed by atoms with E-state index < -0.39 is 0 Å². The number of rotatable bonds is 6. The second kappa shape index (κ2) is 7.06. The maximum absolute atomic E-state index is 5.90. The Labute approximate surface area is 116 Å². The van der Waals surface area contributed by atoms with Crippen LogP contribution in [0.2, 0.25) is 0 Å². The molecule has 108 valence electrons. The van der Waals surface area contributed by atoms with Crippen molar-refractivity contribution in [3.05, 3.63) is 17.0 Å². The molecular formula is C15H27N3O. The maximum Gasteiger partial charge on any atom is 0.0641 e. The van der Waals surface area contributed by atoms with E-state index in [2.05, 4.69) is 24.3 Å². The molecule has 0 amide bonds. The Kier molecular flexibility index (Phi) is 5.40. The summed E-state index contributed by atoms with van der Waals surface area (Å²) in [7, 11) is 2.00. The summed E-state index contributed by atoms with van der Waals surface area (Å²) in [5.74, 6) is 0. The van der Waals surface area contributed by atoms with Gasteiger partial charge in [-0.2, -0.15) is 5.10 Å². The molecule has 1 heterocycles. The summed E-state index contributed by atoms with van der Waals surface area (Å²) in [5.41, 5.74) is 3.69. The topological polar surface area (TPSA) is 39.1 Å². The van der Waals surface area contributed by atoms with Gasteiger partial charge in [0.05, 0.1) is 18.4 Å². The molecule has 0 bridgehead atoms. The van der Waals surface area contributed by atoms with Crippen LogP contribution in [0.15, 0.2) is 0 Å². The number of aromatic nitrogens is 2. The molecule has 1 saturated carbocycles. The van der Waals surface area contributed by atoms with Crippen LogP contribution in [-0.2, 0) is 18.3 Å². The molecule has 0 spiro atoms. The summed E-state index contributed by atoms with van der Waals surface area (Å²) < 4.78 is 7.85. The van der Waals surface area contributed by atoms with Crippen LogP contribution in [0.25, 0.3) is 0 Å². The van der Waals surface area contributed by atoms with E-state index >= 15 is 0 Å². The number of ether oxygens (including phenoxy) is 1. The maximum atomic E-state index is 5.90. The zero-order chi connectivity index (χ0) is 13.7. The van der Waals surface area contributed by atoms with Crippen LogP contribution >= 0.6 is 0 Å². The first kappa shape index (κ1) is 14.5. The third-order valence-corrected chi connectivity index (χ3v) is 4.15. The van der Waals surface area contributed by atoms with E-state index in [0.717, 1.165) is 25.4 Å². The monoisotopic (exact) mass is 265 g/mol. The van der Waals surface area contributed by atoms with Crippen LogP contribution in [0, 0.1) is 13.8 Å². The highest BCUT2D eigenvalue weighted by Gasteiger charge is 2.13. The highest BCUT2D eigenvalue weighted by Crippen LogP contribution is 2.19. The molecule has 1 aromatic rings. The predicted octanol–water partition coefficient (Wildman–Crippen LogP) is 2.48. The number of aryl methyl sites for hydroxylation is 2. The second-order valence-electron chi connectivity index (χ2n) is 5.58. The molecule has 0 atom stereocenters. The van der Waals surface area contributed by atoms with Crippen LogP contribution < -0.4 is 5.32 Å². The van der Waals surface area contributed by atoms with Gasteiger partial charge in [-0.05, 0) is 26.7 Å². The fourth-order valence-corrected chi connectivity index (χ4v) is 2.82. The zero-order valence-corrected chi connectivity index (χ0v) is 12.5. The molecule has 4 nitrogen and oxygen atoms in total. The minimum atomic E-state index is 0.511. The molecule has 1 aromatic heterocycles. The van der Waals surface area contributed by atoms with Gasteiger partial charge >= 0.3 is 0 Å². The minimum absolute atomic E-state index is 0.511. The molecule has 4 heteroatoms. The molecule has 1 aliphatic rings. The Morgan fingerprint density at radius 2 is 2.00 bits per heavy atom. The molecule has 0 radical (unpaired) electrons. The molecule has 1 fully saturated rings. The van der Waals surface area contributed by atoms with Crippen molar-refractivity contribution < 1.29 is 4.74 Å². The first-order valence-corrected chi connectivity index (χ1v) is 7.50. The molecule has 0 unspecified atom stereocenters. The second-order valence-corrected chi connectivity index (χ2v) is 5.58. The first-order chi connectivity index (χ1) is 9.18. The molecule has 0 saturated heterocycles. The summed E-state index contributed by atoms with van der Waals surface area (Å²) in [4.78, 5) is 0. The molecule has 1 aliphatic carbocycles. The molecule has 0 aliphatic heterocycles. The Hall–Kier alpha value is -0.870. The van der Waals surface area contributed by atoms with E-state index in [4.69, 9.17) is 4.74 Å². The molecule has 19 heavy (non-hydrogen) atoms. The minimum Gasteiger partial charge on any atom is -0.377 e. The van der Waals surface area contributed by atoms with Gasteiger partial charge in [0.1, 0.15) is 0 Å². The number of hydrogen-bond acceptors (Lipinski definition) is 3. The summed E-state index contributed by atoms with van der Waals surface area (Å²) in [6.45, 7) is 6.82. The molecular weight excluding hydrogens is 238 g/mol. The number of nitrogens with one attached hydrogen (secondary N) is 1. The third kappa shape index (κ3) is 4.05. The van der Waals surface area contributed by atoms with Gasteiger partial charge in [0.15, 0.2) is 0 Å². The van der Waals surface area contributed by atoms with Crippen molar-refractivity contribution in [1.29, 1.82) is 0 Å². The normalized spacial score (nSPS) is 17.0. The highest BCUT2D eigenvalue weighted by molar-refractivity contribution is 5.23.